The zero-order valence-corrected chi connectivity index (χ0v) is 10.5. The summed E-state index contributed by atoms with van der Waals surface area (Å²) >= 11 is 4.57. The highest BCUT2D eigenvalue weighted by molar-refractivity contribution is 7.92. The zero-order valence-electron chi connectivity index (χ0n) is 8.90. The molecule has 0 aliphatic heterocycles. The molecule has 0 saturated heterocycles. The second-order valence-corrected chi connectivity index (χ2v) is 6.69. The van der Waals surface area contributed by atoms with Crippen LogP contribution in [-0.2, 0) is 10.0 Å². The van der Waals surface area contributed by atoms with Crippen molar-refractivity contribution >= 4 is 27.2 Å². The van der Waals surface area contributed by atoms with Gasteiger partial charge < -0.3 is 5.73 Å². The maximum atomic E-state index is 11.4. The van der Waals surface area contributed by atoms with Crippen LogP contribution in [0.4, 0.5) is 0 Å². The molecule has 1 rings (SSSR count). The van der Waals surface area contributed by atoms with Gasteiger partial charge in [-0.05, 0) is 24.7 Å². The number of hydrogen-bond acceptors (Lipinski definition) is 3. The second-order valence-electron chi connectivity index (χ2n) is 4.36. The lowest BCUT2D eigenvalue weighted by atomic mass is 10.1. The molecule has 2 atom stereocenters. The molecule has 0 aromatic carbocycles. The van der Waals surface area contributed by atoms with Crippen LogP contribution in [0.1, 0.15) is 26.2 Å². The van der Waals surface area contributed by atoms with E-state index in [0.29, 0.717) is 12.5 Å². The minimum atomic E-state index is -3.30. The smallest absolute Gasteiger partial charge is 0.218 e. The summed E-state index contributed by atoms with van der Waals surface area (Å²) in [5.74, 6) is 0.946. The molecule has 0 heterocycles. The van der Waals surface area contributed by atoms with Gasteiger partial charge in [-0.3, -0.25) is 0 Å². The van der Waals surface area contributed by atoms with Crippen molar-refractivity contribution in [3.63, 3.8) is 0 Å². The lowest BCUT2D eigenvalue weighted by Crippen LogP contribution is -2.35. The van der Waals surface area contributed by atoms with Crippen LogP contribution in [0.2, 0.25) is 0 Å². The van der Waals surface area contributed by atoms with E-state index in [1.54, 1.807) is 0 Å². The van der Waals surface area contributed by atoms with Crippen LogP contribution in [0.25, 0.3) is 0 Å². The van der Waals surface area contributed by atoms with Crippen LogP contribution in [0, 0.1) is 11.8 Å². The molecule has 6 heteroatoms. The molecule has 1 saturated carbocycles. The fraction of sp³-hybridized carbons (Fsp3) is 0.889. The molecule has 1 fully saturated rings. The Bertz CT molecular complexity index is 327. The molecule has 3 N–H and O–H groups in total. The number of thiocarbonyl (C=S) groups is 1. The highest BCUT2D eigenvalue weighted by atomic mass is 32.2. The Labute approximate surface area is 96.7 Å². The summed E-state index contributed by atoms with van der Waals surface area (Å²) in [6.07, 6.45) is 3.41. The van der Waals surface area contributed by atoms with E-state index in [4.69, 9.17) is 5.73 Å². The van der Waals surface area contributed by atoms with E-state index in [9.17, 15) is 8.42 Å². The van der Waals surface area contributed by atoms with Gasteiger partial charge in [0.15, 0.2) is 0 Å². The Balaban J connectivity index is 2.33. The van der Waals surface area contributed by atoms with Crippen LogP contribution in [0.5, 0.6) is 0 Å². The first-order chi connectivity index (χ1) is 6.89. The molecular formula is C9H18N2O2S2. The minimum absolute atomic E-state index is 0.0160. The molecule has 0 aromatic rings. The van der Waals surface area contributed by atoms with E-state index in [0.717, 1.165) is 18.8 Å². The second kappa shape index (κ2) is 5.23. The zero-order chi connectivity index (χ0) is 11.5. The molecule has 2 unspecified atom stereocenters. The third-order valence-electron chi connectivity index (χ3n) is 2.73. The average Bonchev–Trinajstić information content (AvgIpc) is 2.46. The Morgan fingerprint density at radius 1 is 1.53 bits per heavy atom. The summed E-state index contributed by atoms with van der Waals surface area (Å²) in [5.41, 5.74) is 5.20. The maximum Gasteiger partial charge on any atom is 0.218 e. The largest absolute Gasteiger partial charge is 0.392 e. The van der Waals surface area contributed by atoms with E-state index in [1.165, 1.54) is 6.42 Å². The first kappa shape index (κ1) is 12.9. The summed E-state index contributed by atoms with van der Waals surface area (Å²) in [6, 6.07) is 0. The first-order valence-corrected chi connectivity index (χ1v) is 7.21. The fourth-order valence-corrected chi connectivity index (χ4v) is 3.43. The average molecular weight is 250 g/mol. The van der Waals surface area contributed by atoms with Gasteiger partial charge in [0, 0.05) is 6.54 Å². The normalized spacial score (nSPS) is 26.7. The van der Waals surface area contributed by atoms with Crippen molar-refractivity contribution in [1.82, 2.24) is 4.72 Å². The topological polar surface area (TPSA) is 72.2 Å². The molecule has 4 nitrogen and oxygen atoms in total. The van der Waals surface area contributed by atoms with Gasteiger partial charge in [0.05, 0.1) is 4.99 Å². The standard InChI is InChI=1S/C9H18N2O2S2/c1-7-2-3-8(4-7)5-11-15(12,13)6-9(10)14/h7-8,11H,2-6H2,1H3,(H2,10,14). The van der Waals surface area contributed by atoms with Crippen LogP contribution in [0.15, 0.2) is 0 Å². The van der Waals surface area contributed by atoms with Crippen molar-refractivity contribution in [3.05, 3.63) is 0 Å². The van der Waals surface area contributed by atoms with Gasteiger partial charge in [-0.15, -0.1) is 0 Å². The van der Waals surface area contributed by atoms with Gasteiger partial charge in [0.25, 0.3) is 0 Å². The van der Waals surface area contributed by atoms with Crippen LogP contribution in [0.3, 0.4) is 0 Å². The minimum Gasteiger partial charge on any atom is -0.392 e. The van der Waals surface area contributed by atoms with Crippen molar-refractivity contribution in [1.29, 1.82) is 0 Å². The predicted octanol–water partition coefficient (Wildman–Crippen LogP) is 0.628. The van der Waals surface area contributed by atoms with Gasteiger partial charge in [-0.25, -0.2) is 13.1 Å². The highest BCUT2D eigenvalue weighted by Gasteiger charge is 2.22. The first-order valence-electron chi connectivity index (χ1n) is 5.14. The maximum absolute atomic E-state index is 11.4. The van der Waals surface area contributed by atoms with Crippen molar-refractivity contribution in [2.45, 2.75) is 26.2 Å². The summed E-state index contributed by atoms with van der Waals surface area (Å²) in [5, 5.41) is 0. The number of rotatable bonds is 5. The van der Waals surface area contributed by atoms with Gasteiger partial charge in [-0.1, -0.05) is 25.6 Å². The lowest BCUT2D eigenvalue weighted by molar-refractivity contribution is 0.499. The molecule has 1 aliphatic carbocycles. The molecule has 0 amide bonds. The third kappa shape index (κ3) is 4.90. The summed E-state index contributed by atoms with van der Waals surface area (Å²) in [4.78, 5) is 0.0160. The van der Waals surface area contributed by atoms with E-state index < -0.39 is 10.0 Å². The SMILES string of the molecule is CC1CCC(CNS(=O)(=O)CC(N)=S)C1. The number of hydrogen-bond donors (Lipinski definition) is 2. The van der Waals surface area contributed by atoms with Crippen LogP contribution in [-0.4, -0.2) is 25.7 Å². The fourth-order valence-electron chi connectivity index (χ4n) is 1.99. The van der Waals surface area contributed by atoms with Crippen molar-refractivity contribution in [2.24, 2.45) is 17.6 Å². The molecule has 1 aliphatic rings. The molecule has 88 valence electrons. The third-order valence-corrected chi connectivity index (χ3v) is 4.35. The van der Waals surface area contributed by atoms with Crippen molar-refractivity contribution in [3.8, 4) is 0 Å². The van der Waals surface area contributed by atoms with Gasteiger partial charge in [0.2, 0.25) is 10.0 Å². The van der Waals surface area contributed by atoms with Gasteiger partial charge in [0.1, 0.15) is 5.75 Å². The van der Waals surface area contributed by atoms with E-state index in [2.05, 4.69) is 23.9 Å². The number of nitrogens with one attached hydrogen (secondary N) is 1. The van der Waals surface area contributed by atoms with Gasteiger partial charge >= 0.3 is 0 Å². The Morgan fingerprint density at radius 3 is 2.67 bits per heavy atom. The van der Waals surface area contributed by atoms with Crippen molar-refractivity contribution in [2.75, 3.05) is 12.3 Å². The Kier molecular flexibility index (Phi) is 4.48. The molecular weight excluding hydrogens is 232 g/mol. The van der Waals surface area contributed by atoms with E-state index in [-0.39, 0.29) is 10.7 Å². The van der Waals surface area contributed by atoms with E-state index in [1.807, 2.05) is 0 Å². The van der Waals surface area contributed by atoms with Gasteiger partial charge in [-0.2, -0.15) is 0 Å². The summed E-state index contributed by atoms with van der Waals surface area (Å²) < 4.78 is 25.4. The summed E-state index contributed by atoms with van der Waals surface area (Å²) in [6.45, 7) is 2.72. The summed E-state index contributed by atoms with van der Waals surface area (Å²) in [7, 11) is -3.30. The Hall–Kier alpha value is -0.200. The van der Waals surface area contributed by atoms with Crippen molar-refractivity contribution < 1.29 is 8.42 Å². The molecule has 15 heavy (non-hydrogen) atoms. The molecule has 0 bridgehead atoms. The number of nitrogens with two attached hydrogens (primary N) is 1. The van der Waals surface area contributed by atoms with Crippen LogP contribution < -0.4 is 10.5 Å². The van der Waals surface area contributed by atoms with Crippen LogP contribution >= 0.6 is 12.2 Å². The highest BCUT2D eigenvalue weighted by Crippen LogP contribution is 2.29. The Morgan fingerprint density at radius 2 is 2.20 bits per heavy atom. The van der Waals surface area contributed by atoms with E-state index >= 15 is 0 Å². The molecule has 0 radical (unpaired) electrons. The molecule has 0 spiro atoms. The monoisotopic (exact) mass is 250 g/mol. The molecule has 0 aromatic heterocycles. The predicted molar refractivity (Wildman–Crippen MR) is 65.1 cm³/mol. The number of sulfonamides is 1. The lowest BCUT2D eigenvalue weighted by Gasteiger charge is -2.11. The quantitative estimate of drug-likeness (QED) is 0.702.